The van der Waals surface area contributed by atoms with E-state index < -0.39 is 0 Å². The highest BCUT2D eigenvalue weighted by Crippen LogP contribution is 2.29. The van der Waals surface area contributed by atoms with Crippen LogP contribution < -0.4 is 0 Å². The lowest BCUT2D eigenvalue weighted by atomic mass is 10.1. The molecule has 17 heavy (non-hydrogen) atoms. The molecular weight excluding hydrogens is 261 g/mol. The van der Waals surface area contributed by atoms with E-state index in [0.29, 0.717) is 21.2 Å². The first-order chi connectivity index (χ1) is 8.00. The molecule has 1 heterocycles. The van der Waals surface area contributed by atoms with Gasteiger partial charge in [-0.2, -0.15) is 0 Å². The molecule has 0 N–H and O–H groups in total. The summed E-state index contributed by atoms with van der Waals surface area (Å²) in [4.78, 5) is 24.1. The number of likely N-dealkylation sites (N-methyl/N-ethyl adjacent to an activating group) is 1. The van der Waals surface area contributed by atoms with Gasteiger partial charge in [-0.25, -0.2) is 0 Å². The first kappa shape index (κ1) is 12.1. The topological polar surface area (TPSA) is 37.4 Å². The van der Waals surface area contributed by atoms with Gasteiger partial charge in [-0.15, -0.1) is 0 Å². The summed E-state index contributed by atoms with van der Waals surface area (Å²) < 4.78 is 0. The molecule has 1 aliphatic rings. The van der Waals surface area contributed by atoms with Crippen LogP contribution in [0.1, 0.15) is 12.0 Å². The Morgan fingerprint density at radius 3 is 2.59 bits per heavy atom. The van der Waals surface area contributed by atoms with Gasteiger partial charge in [0.2, 0.25) is 5.91 Å². The van der Waals surface area contributed by atoms with Crippen LogP contribution in [-0.2, 0) is 9.59 Å². The van der Waals surface area contributed by atoms with Crippen LogP contribution >= 0.6 is 23.2 Å². The van der Waals surface area contributed by atoms with Gasteiger partial charge in [0.25, 0.3) is 5.91 Å². The molecule has 0 unspecified atom stereocenters. The third-order valence-electron chi connectivity index (χ3n) is 2.61. The molecule has 1 aromatic rings. The Kier molecular flexibility index (Phi) is 3.22. The van der Waals surface area contributed by atoms with E-state index in [1.165, 1.54) is 7.05 Å². The summed E-state index contributed by atoms with van der Waals surface area (Å²) in [7, 11) is 1.46. The van der Waals surface area contributed by atoms with Gasteiger partial charge in [0.05, 0.1) is 16.5 Å². The molecule has 0 aliphatic carbocycles. The molecule has 2 amide bonds. The average Bonchev–Trinajstić information content (AvgIpc) is 2.53. The Labute approximate surface area is 109 Å². The van der Waals surface area contributed by atoms with E-state index in [0.717, 1.165) is 4.90 Å². The normalized spacial score (nSPS) is 18.3. The van der Waals surface area contributed by atoms with Crippen molar-refractivity contribution in [1.29, 1.82) is 0 Å². The van der Waals surface area contributed by atoms with Crippen molar-refractivity contribution in [1.82, 2.24) is 4.90 Å². The van der Waals surface area contributed by atoms with Crippen molar-refractivity contribution in [2.24, 2.45) is 0 Å². The zero-order valence-electron chi connectivity index (χ0n) is 9.04. The van der Waals surface area contributed by atoms with Crippen LogP contribution in [0, 0.1) is 0 Å². The number of rotatable bonds is 1. The van der Waals surface area contributed by atoms with E-state index in [4.69, 9.17) is 23.2 Å². The minimum absolute atomic E-state index is 0.109. The second kappa shape index (κ2) is 4.51. The first-order valence-corrected chi connectivity index (χ1v) is 5.72. The third kappa shape index (κ3) is 2.21. The van der Waals surface area contributed by atoms with Gasteiger partial charge < -0.3 is 0 Å². The summed E-state index contributed by atoms with van der Waals surface area (Å²) in [6.45, 7) is 0. The SMILES string of the molecule is CN1C(=O)C/C(=C\c2cccc(Cl)c2Cl)C1=O. The van der Waals surface area contributed by atoms with Crippen LogP contribution in [0.25, 0.3) is 6.08 Å². The molecule has 1 fully saturated rings. The zero-order chi connectivity index (χ0) is 12.6. The van der Waals surface area contributed by atoms with Crippen molar-refractivity contribution in [3.8, 4) is 0 Å². The van der Waals surface area contributed by atoms with Gasteiger partial charge >= 0.3 is 0 Å². The number of benzene rings is 1. The standard InChI is InChI=1S/C12H9Cl2NO2/c1-15-10(16)6-8(12(15)17)5-7-3-2-4-9(13)11(7)14/h2-5H,6H2,1H3/b8-5+. The number of hydrogen-bond donors (Lipinski definition) is 0. The second-order valence-corrected chi connectivity index (χ2v) is 4.53. The molecule has 0 saturated carbocycles. The summed E-state index contributed by atoms with van der Waals surface area (Å²) in [5.41, 5.74) is 1.08. The number of nitrogens with zero attached hydrogens (tertiary/aromatic N) is 1. The number of likely N-dealkylation sites (tertiary alicyclic amines) is 1. The number of hydrogen-bond acceptors (Lipinski definition) is 2. The Balaban J connectivity index is 2.41. The predicted molar refractivity (Wildman–Crippen MR) is 66.8 cm³/mol. The molecule has 3 nitrogen and oxygen atoms in total. The molecule has 1 aliphatic heterocycles. The van der Waals surface area contributed by atoms with E-state index in [9.17, 15) is 9.59 Å². The molecule has 0 spiro atoms. The van der Waals surface area contributed by atoms with Gasteiger partial charge in [0.15, 0.2) is 0 Å². The Morgan fingerprint density at radius 2 is 2.00 bits per heavy atom. The fraction of sp³-hybridized carbons (Fsp3) is 0.167. The van der Waals surface area contributed by atoms with E-state index in [1.807, 2.05) is 0 Å². The maximum Gasteiger partial charge on any atom is 0.256 e. The summed E-state index contributed by atoms with van der Waals surface area (Å²) >= 11 is 11.9. The van der Waals surface area contributed by atoms with Crippen LogP contribution in [0.2, 0.25) is 10.0 Å². The molecule has 0 atom stereocenters. The third-order valence-corrected chi connectivity index (χ3v) is 3.44. The fourth-order valence-corrected chi connectivity index (χ4v) is 1.98. The van der Waals surface area contributed by atoms with Crippen LogP contribution in [-0.4, -0.2) is 23.8 Å². The van der Waals surface area contributed by atoms with Crippen LogP contribution in [0.4, 0.5) is 0 Å². The lowest BCUT2D eigenvalue weighted by Crippen LogP contribution is -2.23. The molecule has 1 saturated heterocycles. The monoisotopic (exact) mass is 269 g/mol. The maximum atomic E-state index is 11.7. The van der Waals surface area contributed by atoms with Crippen LogP contribution in [0.15, 0.2) is 23.8 Å². The van der Waals surface area contributed by atoms with Crippen LogP contribution in [0.3, 0.4) is 0 Å². The Bertz CT molecular complexity index is 537. The average molecular weight is 270 g/mol. The number of carbonyl (C=O) groups is 2. The summed E-state index contributed by atoms with van der Waals surface area (Å²) in [5, 5.41) is 0.808. The van der Waals surface area contributed by atoms with Gasteiger partial charge in [-0.05, 0) is 17.7 Å². The Morgan fingerprint density at radius 1 is 1.29 bits per heavy atom. The van der Waals surface area contributed by atoms with E-state index in [1.54, 1.807) is 24.3 Å². The van der Waals surface area contributed by atoms with Crippen molar-refractivity contribution in [2.75, 3.05) is 7.05 Å². The van der Waals surface area contributed by atoms with Gasteiger partial charge in [0, 0.05) is 12.6 Å². The number of imide groups is 1. The molecule has 2 rings (SSSR count). The number of halogens is 2. The van der Waals surface area contributed by atoms with E-state index >= 15 is 0 Å². The van der Waals surface area contributed by atoms with Crippen molar-refractivity contribution in [2.45, 2.75) is 6.42 Å². The quantitative estimate of drug-likeness (QED) is 0.581. The molecule has 0 aromatic heterocycles. The van der Waals surface area contributed by atoms with Crippen molar-refractivity contribution < 1.29 is 9.59 Å². The highest BCUT2D eigenvalue weighted by molar-refractivity contribution is 6.43. The molecule has 0 bridgehead atoms. The van der Waals surface area contributed by atoms with E-state index in [2.05, 4.69) is 0 Å². The first-order valence-electron chi connectivity index (χ1n) is 4.96. The minimum Gasteiger partial charge on any atom is -0.282 e. The van der Waals surface area contributed by atoms with E-state index in [-0.39, 0.29) is 18.2 Å². The van der Waals surface area contributed by atoms with Crippen molar-refractivity contribution in [3.05, 3.63) is 39.4 Å². The highest BCUT2D eigenvalue weighted by atomic mass is 35.5. The van der Waals surface area contributed by atoms with Gasteiger partial charge in [-0.3, -0.25) is 14.5 Å². The van der Waals surface area contributed by atoms with Crippen molar-refractivity contribution in [3.63, 3.8) is 0 Å². The van der Waals surface area contributed by atoms with Gasteiger partial charge in [-0.1, -0.05) is 35.3 Å². The molecule has 0 radical (unpaired) electrons. The summed E-state index contributed by atoms with van der Waals surface area (Å²) in [6.07, 6.45) is 1.72. The molecular formula is C12H9Cl2NO2. The second-order valence-electron chi connectivity index (χ2n) is 3.75. The molecule has 88 valence electrons. The number of carbonyl (C=O) groups excluding carboxylic acids is 2. The lowest BCUT2D eigenvalue weighted by Gasteiger charge is -2.03. The van der Waals surface area contributed by atoms with Gasteiger partial charge in [0.1, 0.15) is 0 Å². The van der Waals surface area contributed by atoms with Crippen molar-refractivity contribution >= 4 is 41.1 Å². The van der Waals surface area contributed by atoms with Crippen LogP contribution in [0.5, 0.6) is 0 Å². The molecule has 5 heteroatoms. The number of amides is 2. The zero-order valence-corrected chi connectivity index (χ0v) is 10.5. The lowest BCUT2D eigenvalue weighted by molar-refractivity contribution is -0.135. The maximum absolute atomic E-state index is 11.7. The summed E-state index contributed by atoms with van der Waals surface area (Å²) in [6, 6.07) is 5.16. The summed E-state index contributed by atoms with van der Waals surface area (Å²) in [5.74, 6) is -0.495. The Hall–Kier alpha value is -1.32. The minimum atomic E-state index is -0.286. The predicted octanol–water partition coefficient (Wildman–Crippen LogP) is 2.77. The smallest absolute Gasteiger partial charge is 0.256 e. The largest absolute Gasteiger partial charge is 0.282 e. The molecule has 1 aromatic carbocycles. The highest BCUT2D eigenvalue weighted by Gasteiger charge is 2.30. The fourth-order valence-electron chi connectivity index (χ4n) is 1.62.